The molecule has 0 heterocycles. The molecule has 0 aliphatic rings. The fraction of sp³-hybridized carbons (Fsp3) is 0.500. The van der Waals surface area contributed by atoms with E-state index in [0.717, 1.165) is 12.1 Å². The average molecular weight is 314 g/mol. The summed E-state index contributed by atoms with van der Waals surface area (Å²) in [6.07, 6.45) is 0.341. The van der Waals surface area contributed by atoms with Gasteiger partial charge in [0.1, 0.15) is 6.10 Å². The van der Waals surface area contributed by atoms with Gasteiger partial charge in [0.05, 0.1) is 5.56 Å². The van der Waals surface area contributed by atoms with Gasteiger partial charge in [0.15, 0.2) is 8.32 Å². The molecule has 1 atom stereocenters. The summed E-state index contributed by atoms with van der Waals surface area (Å²) in [4.78, 5) is 0. The topological polar surface area (TPSA) is 9.23 Å². The molecule has 0 bridgehead atoms. The van der Waals surface area contributed by atoms with Crippen molar-refractivity contribution in [1.29, 1.82) is 0 Å². The van der Waals surface area contributed by atoms with E-state index in [1.165, 1.54) is 6.07 Å². The van der Waals surface area contributed by atoms with Crippen molar-refractivity contribution in [2.24, 2.45) is 0 Å². The molecule has 1 unspecified atom stereocenters. The van der Waals surface area contributed by atoms with Crippen LogP contribution in [0.1, 0.15) is 38.0 Å². The highest BCUT2D eigenvalue weighted by Gasteiger charge is 2.39. The Bertz CT molecular complexity index is 536. The number of benzene rings is 1. The van der Waals surface area contributed by atoms with Crippen LogP contribution in [0.5, 0.6) is 0 Å². The van der Waals surface area contributed by atoms with Gasteiger partial charge < -0.3 is 4.43 Å². The molecule has 0 aromatic heterocycles. The minimum atomic E-state index is -4.38. The second-order valence-electron chi connectivity index (χ2n) is 6.55. The largest absolute Gasteiger partial charge is 0.416 e. The maximum absolute atomic E-state index is 12.8. The molecule has 0 amide bonds. The highest BCUT2D eigenvalue weighted by atomic mass is 28.4. The Kier molecular flexibility index (Phi) is 4.96. The number of rotatable bonds is 3. The van der Waals surface area contributed by atoms with Crippen LogP contribution >= 0.6 is 0 Å². The fourth-order valence-corrected chi connectivity index (χ4v) is 2.69. The van der Waals surface area contributed by atoms with Crippen LogP contribution in [0.2, 0.25) is 18.1 Å². The highest BCUT2D eigenvalue weighted by Crippen LogP contribution is 2.40. The van der Waals surface area contributed by atoms with Crippen molar-refractivity contribution >= 4 is 8.32 Å². The zero-order valence-electron chi connectivity index (χ0n) is 13.0. The highest BCUT2D eigenvalue weighted by molar-refractivity contribution is 6.74. The lowest BCUT2D eigenvalue weighted by Crippen LogP contribution is -2.41. The number of halogens is 3. The maximum atomic E-state index is 12.8. The molecular weight excluding hydrogens is 293 g/mol. The lowest BCUT2D eigenvalue weighted by molar-refractivity contribution is -0.137. The van der Waals surface area contributed by atoms with Crippen LogP contribution in [0, 0.1) is 12.3 Å². The average Bonchev–Trinajstić information content (AvgIpc) is 2.33. The van der Waals surface area contributed by atoms with Crippen molar-refractivity contribution in [2.75, 3.05) is 0 Å². The Hall–Kier alpha value is -1.25. The molecule has 0 saturated heterocycles. The van der Waals surface area contributed by atoms with Gasteiger partial charge in [-0.25, -0.2) is 0 Å². The van der Waals surface area contributed by atoms with Gasteiger partial charge in [-0.1, -0.05) is 38.8 Å². The lowest BCUT2D eigenvalue weighted by atomic mass is 10.1. The first-order chi connectivity index (χ1) is 9.38. The van der Waals surface area contributed by atoms with Crippen LogP contribution in [0.4, 0.5) is 13.2 Å². The van der Waals surface area contributed by atoms with E-state index in [1.54, 1.807) is 6.07 Å². The van der Waals surface area contributed by atoms with Crippen LogP contribution in [-0.2, 0) is 10.6 Å². The normalized spacial score (nSPS) is 14.6. The number of alkyl halides is 3. The van der Waals surface area contributed by atoms with E-state index in [9.17, 15) is 13.2 Å². The molecule has 0 radical (unpaired) electrons. The van der Waals surface area contributed by atoms with Crippen LogP contribution < -0.4 is 0 Å². The molecular formula is C16H21F3OSi. The Morgan fingerprint density at radius 1 is 1.19 bits per heavy atom. The second kappa shape index (κ2) is 5.86. The Labute approximate surface area is 125 Å². The first-order valence-corrected chi connectivity index (χ1v) is 9.60. The molecule has 0 fully saturated rings. The van der Waals surface area contributed by atoms with Crippen molar-refractivity contribution in [1.82, 2.24) is 0 Å². The van der Waals surface area contributed by atoms with Gasteiger partial charge in [0, 0.05) is 0 Å². The van der Waals surface area contributed by atoms with Gasteiger partial charge in [-0.3, -0.25) is 0 Å². The summed E-state index contributed by atoms with van der Waals surface area (Å²) in [5.74, 6) is 2.47. The quantitative estimate of drug-likeness (QED) is 0.536. The van der Waals surface area contributed by atoms with Gasteiger partial charge in [0.2, 0.25) is 0 Å². The first kappa shape index (κ1) is 17.8. The molecule has 0 aliphatic carbocycles. The number of hydrogen-bond acceptors (Lipinski definition) is 1. The molecule has 0 N–H and O–H groups in total. The Balaban J connectivity index is 3.11. The maximum Gasteiger partial charge on any atom is 0.416 e. The van der Waals surface area contributed by atoms with E-state index in [1.807, 2.05) is 13.1 Å². The van der Waals surface area contributed by atoms with Crippen molar-refractivity contribution in [3.63, 3.8) is 0 Å². The van der Waals surface area contributed by atoms with E-state index in [-0.39, 0.29) is 5.04 Å². The van der Waals surface area contributed by atoms with Crippen molar-refractivity contribution in [3.8, 4) is 12.3 Å². The number of hydrogen-bond donors (Lipinski definition) is 0. The summed E-state index contributed by atoms with van der Waals surface area (Å²) in [6, 6.07) is 5.03. The standard InChI is InChI=1S/C16H21F3OSi/c1-7-14(20-21(5,6)15(2,3)4)12-9-8-10-13(11-12)16(17,18)19/h1,8-11,14H,2-6H3. The summed E-state index contributed by atoms with van der Waals surface area (Å²) in [5.41, 5.74) is -0.337. The summed E-state index contributed by atoms with van der Waals surface area (Å²) in [7, 11) is -2.16. The van der Waals surface area contributed by atoms with Gasteiger partial charge in [0.25, 0.3) is 0 Å². The predicted molar refractivity (Wildman–Crippen MR) is 81.3 cm³/mol. The minimum absolute atomic E-state index is 0.0657. The first-order valence-electron chi connectivity index (χ1n) is 6.69. The van der Waals surface area contributed by atoms with Crippen LogP contribution in [0.25, 0.3) is 0 Å². The molecule has 1 aromatic rings. The van der Waals surface area contributed by atoms with Crippen LogP contribution in [0.15, 0.2) is 24.3 Å². The third-order valence-electron chi connectivity index (χ3n) is 3.89. The van der Waals surface area contributed by atoms with Crippen molar-refractivity contribution in [2.45, 2.75) is 51.2 Å². The fourth-order valence-electron chi connectivity index (χ4n) is 1.55. The third-order valence-corrected chi connectivity index (χ3v) is 8.32. The molecule has 0 spiro atoms. The van der Waals surface area contributed by atoms with E-state index < -0.39 is 26.2 Å². The van der Waals surface area contributed by atoms with Gasteiger partial charge >= 0.3 is 6.18 Å². The van der Waals surface area contributed by atoms with E-state index in [0.29, 0.717) is 5.56 Å². The minimum Gasteiger partial charge on any atom is -0.399 e. The van der Waals surface area contributed by atoms with Crippen LogP contribution in [0.3, 0.4) is 0 Å². The number of terminal acetylenes is 1. The molecule has 1 nitrogen and oxygen atoms in total. The Morgan fingerprint density at radius 2 is 1.76 bits per heavy atom. The summed E-state index contributed by atoms with van der Waals surface area (Å²) in [5, 5.41) is -0.0657. The molecule has 1 aromatic carbocycles. The summed E-state index contributed by atoms with van der Waals surface area (Å²) in [6.45, 7) is 10.2. The monoisotopic (exact) mass is 314 g/mol. The lowest BCUT2D eigenvalue weighted by Gasteiger charge is -2.38. The SMILES string of the molecule is C#CC(O[Si](C)(C)C(C)(C)C)c1cccc(C(F)(F)F)c1. The summed E-state index contributed by atoms with van der Waals surface area (Å²) < 4.78 is 44.4. The molecule has 0 aliphatic heterocycles. The zero-order chi connectivity index (χ0) is 16.5. The molecule has 5 heteroatoms. The van der Waals surface area contributed by atoms with Crippen LogP contribution in [-0.4, -0.2) is 8.32 Å². The predicted octanol–water partition coefficient (Wildman–Crippen LogP) is 5.40. The third kappa shape index (κ3) is 4.35. The molecule has 21 heavy (non-hydrogen) atoms. The molecule has 0 saturated carbocycles. The van der Waals surface area contributed by atoms with E-state index in [2.05, 4.69) is 26.7 Å². The van der Waals surface area contributed by atoms with Gasteiger partial charge in [-0.05, 0) is 35.8 Å². The zero-order valence-corrected chi connectivity index (χ0v) is 14.0. The van der Waals surface area contributed by atoms with Crippen molar-refractivity contribution < 1.29 is 17.6 Å². The van der Waals surface area contributed by atoms with E-state index >= 15 is 0 Å². The molecule has 1 rings (SSSR count). The van der Waals surface area contributed by atoms with Gasteiger partial charge in [-0.2, -0.15) is 13.2 Å². The van der Waals surface area contributed by atoms with Gasteiger partial charge in [-0.15, -0.1) is 6.42 Å². The smallest absolute Gasteiger partial charge is 0.399 e. The summed E-state index contributed by atoms with van der Waals surface area (Å²) >= 11 is 0. The molecule has 116 valence electrons. The van der Waals surface area contributed by atoms with E-state index in [4.69, 9.17) is 10.8 Å². The Morgan fingerprint density at radius 3 is 2.19 bits per heavy atom. The van der Waals surface area contributed by atoms with Crippen molar-refractivity contribution in [3.05, 3.63) is 35.4 Å². The second-order valence-corrected chi connectivity index (χ2v) is 11.3.